The summed E-state index contributed by atoms with van der Waals surface area (Å²) in [5.74, 6) is 1.47. The van der Waals surface area contributed by atoms with Crippen LogP contribution in [0.5, 0.6) is 5.75 Å². The Bertz CT molecular complexity index is 873. The largest absolute Gasteiger partial charge is 0.497 e. The second-order valence-electron chi connectivity index (χ2n) is 7.49. The van der Waals surface area contributed by atoms with Crippen molar-refractivity contribution in [3.8, 4) is 5.75 Å². The van der Waals surface area contributed by atoms with Crippen LogP contribution < -0.4 is 9.64 Å². The number of ether oxygens (including phenoxy) is 1. The molecule has 0 aromatic heterocycles. The van der Waals surface area contributed by atoms with Crippen LogP contribution in [-0.2, 0) is 9.59 Å². The highest BCUT2D eigenvalue weighted by Crippen LogP contribution is 2.35. The lowest BCUT2D eigenvalue weighted by atomic mass is 10.1. The van der Waals surface area contributed by atoms with E-state index in [4.69, 9.17) is 4.74 Å². The van der Waals surface area contributed by atoms with Gasteiger partial charge >= 0.3 is 0 Å². The standard InChI is InChI=1S/C23H26N2O3S/c1-28-20-9-5-8-19(15-20)25-16-18(14-22(25)26)23(27)24-11-10-21(29-13-12-24)17-6-3-2-4-7-17/h2-9,15,18,21H,10-14,16H2,1H3. The van der Waals surface area contributed by atoms with Gasteiger partial charge in [-0.3, -0.25) is 9.59 Å². The van der Waals surface area contributed by atoms with E-state index < -0.39 is 0 Å². The zero-order chi connectivity index (χ0) is 20.2. The number of hydrogen-bond donors (Lipinski definition) is 0. The molecule has 2 amide bonds. The zero-order valence-corrected chi connectivity index (χ0v) is 17.4. The summed E-state index contributed by atoms with van der Waals surface area (Å²) in [5, 5.41) is 0.424. The Morgan fingerprint density at radius 3 is 2.72 bits per heavy atom. The number of benzene rings is 2. The monoisotopic (exact) mass is 410 g/mol. The van der Waals surface area contributed by atoms with Crippen molar-refractivity contribution in [3.63, 3.8) is 0 Å². The summed E-state index contributed by atoms with van der Waals surface area (Å²) in [6.07, 6.45) is 1.22. The molecule has 0 aliphatic carbocycles. The van der Waals surface area contributed by atoms with E-state index in [-0.39, 0.29) is 24.2 Å². The van der Waals surface area contributed by atoms with E-state index in [2.05, 4.69) is 24.3 Å². The molecule has 2 aromatic rings. The Balaban J connectivity index is 1.40. The minimum atomic E-state index is -0.271. The first-order valence-electron chi connectivity index (χ1n) is 10.1. The summed E-state index contributed by atoms with van der Waals surface area (Å²) in [6, 6.07) is 18.0. The van der Waals surface area contributed by atoms with Gasteiger partial charge in [-0.2, -0.15) is 11.8 Å². The SMILES string of the molecule is COc1cccc(N2CC(C(=O)N3CCSC(c4ccccc4)CC3)CC2=O)c1. The molecule has 2 saturated heterocycles. The predicted octanol–water partition coefficient (Wildman–Crippen LogP) is 3.75. The van der Waals surface area contributed by atoms with E-state index in [0.29, 0.717) is 17.5 Å². The number of nitrogens with zero attached hydrogens (tertiary/aromatic N) is 2. The number of amides is 2. The molecule has 29 heavy (non-hydrogen) atoms. The molecule has 5 nitrogen and oxygen atoms in total. The Kier molecular flexibility index (Phi) is 6.09. The smallest absolute Gasteiger partial charge is 0.228 e. The molecule has 2 atom stereocenters. The maximum absolute atomic E-state index is 13.2. The average Bonchev–Trinajstić information content (AvgIpc) is 2.99. The van der Waals surface area contributed by atoms with E-state index in [1.165, 1.54) is 5.56 Å². The molecule has 2 aromatic carbocycles. The molecule has 152 valence electrons. The van der Waals surface area contributed by atoms with Crippen molar-refractivity contribution in [1.29, 1.82) is 0 Å². The van der Waals surface area contributed by atoms with Crippen molar-refractivity contribution in [2.45, 2.75) is 18.1 Å². The molecular weight excluding hydrogens is 384 g/mol. The fraction of sp³-hybridized carbons (Fsp3) is 0.391. The Morgan fingerprint density at radius 1 is 1.10 bits per heavy atom. The van der Waals surface area contributed by atoms with Gasteiger partial charge in [0.2, 0.25) is 11.8 Å². The van der Waals surface area contributed by atoms with E-state index in [1.54, 1.807) is 12.0 Å². The van der Waals surface area contributed by atoms with Gasteiger partial charge in [0.05, 0.1) is 13.0 Å². The van der Waals surface area contributed by atoms with E-state index >= 15 is 0 Å². The van der Waals surface area contributed by atoms with Gasteiger partial charge in [-0.05, 0) is 24.1 Å². The first kappa shape index (κ1) is 19.8. The number of methoxy groups -OCH3 is 1. The van der Waals surface area contributed by atoms with Gasteiger partial charge in [0, 0.05) is 48.8 Å². The number of rotatable bonds is 4. The normalized spacial score (nSPS) is 22.4. The average molecular weight is 411 g/mol. The molecule has 0 radical (unpaired) electrons. The zero-order valence-electron chi connectivity index (χ0n) is 16.6. The second-order valence-corrected chi connectivity index (χ2v) is 8.80. The van der Waals surface area contributed by atoms with Crippen molar-refractivity contribution in [2.24, 2.45) is 5.92 Å². The van der Waals surface area contributed by atoms with Crippen LogP contribution in [0.1, 0.15) is 23.7 Å². The van der Waals surface area contributed by atoms with Crippen molar-refractivity contribution < 1.29 is 14.3 Å². The summed E-state index contributed by atoms with van der Waals surface area (Å²) >= 11 is 1.92. The third kappa shape index (κ3) is 4.42. The summed E-state index contributed by atoms with van der Waals surface area (Å²) in [6.45, 7) is 1.93. The molecule has 6 heteroatoms. The highest BCUT2D eigenvalue weighted by atomic mass is 32.2. The molecule has 4 rings (SSSR count). The predicted molar refractivity (Wildman–Crippen MR) is 116 cm³/mol. The first-order chi connectivity index (χ1) is 14.2. The quantitative estimate of drug-likeness (QED) is 0.770. The molecule has 0 N–H and O–H groups in total. The molecule has 2 unspecified atom stereocenters. The summed E-state index contributed by atoms with van der Waals surface area (Å²) in [7, 11) is 1.61. The Labute approximate surface area is 176 Å². The highest BCUT2D eigenvalue weighted by molar-refractivity contribution is 7.99. The molecule has 0 bridgehead atoms. The number of carbonyl (C=O) groups is 2. The summed E-state index contributed by atoms with van der Waals surface area (Å²) in [4.78, 5) is 29.4. The fourth-order valence-corrected chi connectivity index (χ4v) is 5.32. The van der Waals surface area contributed by atoms with E-state index in [9.17, 15) is 9.59 Å². The lowest BCUT2D eigenvalue weighted by Crippen LogP contribution is -2.38. The minimum absolute atomic E-state index is 0.00274. The van der Waals surface area contributed by atoms with Crippen LogP contribution >= 0.6 is 11.8 Å². The van der Waals surface area contributed by atoms with Gasteiger partial charge in [-0.25, -0.2) is 0 Å². The van der Waals surface area contributed by atoms with Crippen LogP contribution in [0, 0.1) is 5.92 Å². The lowest BCUT2D eigenvalue weighted by molar-refractivity contribution is -0.135. The Hall–Kier alpha value is -2.47. The molecule has 0 saturated carbocycles. The van der Waals surface area contributed by atoms with Crippen LogP contribution in [-0.4, -0.2) is 49.2 Å². The lowest BCUT2D eigenvalue weighted by Gasteiger charge is -2.24. The van der Waals surface area contributed by atoms with E-state index in [0.717, 1.165) is 31.0 Å². The second kappa shape index (κ2) is 8.91. The van der Waals surface area contributed by atoms with Crippen LogP contribution in [0.2, 0.25) is 0 Å². The highest BCUT2D eigenvalue weighted by Gasteiger charge is 2.37. The maximum Gasteiger partial charge on any atom is 0.228 e. The third-order valence-electron chi connectivity index (χ3n) is 5.66. The van der Waals surface area contributed by atoms with Gasteiger partial charge in [0.15, 0.2) is 0 Å². The molecule has 2 fully saturated rings. The Morgan fingerprint density at radius 2 is 1.93 bits per heavy atom. The summed E-state index contributed by atoms with van der Waals surface area (Å²) < 4.78 is 5.26. The summed E-state index contributed by atoms with van der Waals surface area (Å²) in [5.41, 5.74) is 2.12. The molecular formula is C23H26N2O3S. The molecule has 0 spiro atoms. The molecule has 2 heterocycles. The van der Waals surface area contributed by atoms with Crippen molar-refractivity contribution >= 4 is 29.3 Å². The topological polar surface area (TPSA) is 49.9 Å². The van der Waals surface area contributed by atoms with Gasteiger partial charge < -0.3 is 14.5 Å². The van der Waals surface area contributed by atoms with Gasteiger partial charge in [0.25, 0.3) is 0 Å². The van der Waals surface area contributed by atoms with Gasteiger partial charge in [-0.1, -0.05) is 36.4 Å². The maximum atomic E-state index is 13.2. The molecule has 2 aliphatic heterocycles. The number of hydrogen-bond acceptors (Lipinski definition) is 4. The third-order valence-corrected chi connectivity index (χ3v) is 6.99. The first-order valence-corrected chi connectivity index (χ1v) is 11.1. The van der Waals surface area contributed by atoms with Gasteiger partial charge in [-0.15, -0.1) is 0 Å². The van der Waals surface area contributed by atoms with Crippen molar-refractivity contribution in [2.75, 3.05) is 37.4 Å². The number of thioether (sulfide) groups is 1. The van der Waals surface area contributed by atoms with Crippen molar-refractivity contribution in [3.05, 3.63) is 60.2 Å². The van der Waals surface area contributed by atoms with Crippen LogP contribution in [0.4, 0.5) is 5.69 Å². The fourth-order valence-electron chi connectivity index (χ4n) is 4.08. The minimum Gasteiger partial charge on any atom is -0.497 e. The van der Waals surface area contributed by atoms with Crippen molar-refractivity contribution in [1.82, 2.24) is 4.90 Å². The van der Waals surface area contributed by atoms with Gasteiger partial charge in [0.1, 0.15) is 5.75 Å². The molecule has 2 aliphatic rings. The van der Waals surface area contributed by atoms with E-state index in [1.807, 2.05) is 47.0 Å². The van der Waals surface area contributed by atoms with Crippen LogP contribution in [0.15, 0.2) is 54.6 Å². The van der Waals surface area contributed by atoms with Crippen LogP contribution in [0.25, 0.3) is 0 Å². The number of carbonyl (C=O) groups excluding carboxylic acids is 2. The number of anilines is 1. The van der Waals surface area contributed by atoms with Crippen LogP contribution in [0.3, 0.4) is 0 Å².